The molecule has 1 aliphatic heterocycles. The van der Waals surface area contributed by atoms with Crippen molar-refractivity contribution in [2.24, 2.45) is 10.4 Å². The van der Waals surface area contributed by atoms with E-state index in [-0.39, 0.29) is 23.5 Å². The third-order valence-corrected chi connectivity index (χ3v) is 3.46. The molecule has 7 nitrogen and oxygen atoms in total. The predicted octanol–water partition coefficient (Wildman–Crippen LogP) is 0.508. The molecule has 2 unspecified atom stereocenters. The number of aliphatic imine (C=N–C) groups is 1. The summed E-state index contributed by atoms with van der Waals surface area (Å²) in [5.41, 5.74) is -0.365. The fraction of sp³-hybridized carbons (Fsp3) is 0.875. The van der Waals surface area contributed by atoms with E-state index in [1.165, 1.54) is 0 Å². The van der Waals surface area contributed by atoms with Crippen LogP contribution in [0.25, 0.3) is 0 Å². The summed E-state index contributed by atoms with van der Waals surface area (Å²) in [6, 6.07) is 0.144. The predicted molar refractivity (Wildman–Crippen MR) is 91.6 cm³/mol. The minimum Gasteiger partial charge on any atom is -0.379 e. The SMILES string of the molecule is CN=C(NCCNC(=O)C(C)(C)C)NC(C)COC1CCOC1. The molecule has 134 valence electrons. The van der Waals surface area contributed by atoms with Gasteiger partial charge in [-0.1, -0.05) is 20.8 Å². The van der Waals surface area contributed by atoms with Crippen molar-refractivity contribution in [3.8, 4) is 0 Å². The Balaban J connectivity index is 2.17. The number of hydrogen-bond donors (Lipinski definition) is 3. The van der Waals surface area contributed by atoms with E-state index < -0.39 is 0 Å². The third-order valence-electron chi connectivity index (χ3n) is 3.46. The second kappa shape index (κ2) is 9.72. The molecule has 2 atom stereocenters. The Morgan fingerprint density at radius 3 is 2.61 bits per heavy atom. The maximum Gasteiger partial charge on any atom is 0.225 e. The molecule has 0 aromatic heterocycles. The molecule has 0 aromatic rings. The van der Waals surface area contributed by atoms with Gasteiger partial charge in [-0.15, -0.1) is 0 Å². The number of ether oxygens (including phenoxy) is 2. The normalized spacial score (nSPS) is 20.2. The molecule has 0 radical (unpaired) electrons. The molecular formula is C16H32N4O3. The monoisotopic (exact) mass is 328 g/mol. The van der Waals surface area contributed by atoms with E-state index >= 15 is 0 Å². The van der Waals surface area contributed by atoms with Crippen molar-refractivity contribution in [2.45, 2.75) is 46.3 Å². The second-order valence-electron chi connectivity index (χ2n) is 6.87. The van der Waals surface area contributed by atoms with Gasteiger partial charge in [-0.25, -0.2) is 0 Å². The molecular weight excluding hydrogens is 296 g/mol. The first-order valence-corrected chi connectivity index (χ1v) is 8.27. The van der Waals surface area contributed by atoms with Gasteiger partial charge in [0.25, 0.3) is 0 Å². The van der Waals surface area contributed by atoms with Crippen molar-refractivity contribution in [2.75, 3.05) is 40.0 Å². The van der Waals surface area contributed by atoms with E-state index in [4.69, 9.17) is 9.47 Å². The van der Waals surface area contributed by atoms with Gasteiger partial charge in [0.2, 0.25) is 5.91 Å². The molecule has 7 heteroatoms. The summed E-state index contributed by atoms with van der Waals surface area (Å²) in [4.78, 5) is 15.9. The summed E-state index contributed by atoms with van der Waals surface area (Å²) in [7, 11) is 1.72. The number of carbonyl (C=O) groups excluding carboxylic acids is 1. The van der Waals surface area contributed by atoms with Crippen molar-refractivity contribution in [1.82, 2.24) is 16.0 Å². The molecule has 1 amide bonds. The smallest absolute Gasteiger partial charge is 0.225 e. The highest BCUT2D eigenvalue weighted by molar-refractivity contribution is 5.81. The van der Waals surface area contributed by atoms with Crippen LogP contribution in [-0.4, -0.2) is 64.0 Å². The van der Waals surface area contributed by atoms with Crippen LogP contribution in [0.4, 0.5) is 0 Å². The van der Waals surface area contributed by atoms with Gasteiger partial charge >= 0.3 is 0 Å². The summed E-state index contributed by atoms with van der Waals surface area (Å²) in [6.07, 6.45) is 1.18. The number of amides is 1. The van der Waals surface area contributed by atoms with Crippen LogP contribution in [0.5, 0.6) is 0 Å². The van der Waals surface area contributed by atoms with Crippen molar-refractivity contribution in [3.63, 3.8) is 0 Å². The van der Waals surface area contributed by atoms with Gasteiger partial charge in [-0.2, -0.15) is 0 Å². The molecule has 0 bridgehead atoms. The zero-order chi connectivity index (χ0) is 17.3. The Hall–Kier alpha value is -1.34. The molecule has 0 saturated carbocycles. The van der Waals surface area contributed by atoms with Gasteiger partial charge in [0.15, 0.2) is 5.96 Å². The van der Waals surface area contributed by atoms with E-state index in [0.717, 1.165) is 13.0 Å². The molecule has 1 rings (SSSR count). The maximum atomic E-state index is 11.8. The molecule has 23 heavy (non-hydrogen) atoms. The quantitative estimate of drug-likeness (QED) is 0.360. The van der Waals surface area contributed by atoms with Gasteiger partial charge in [-0.3, -0.25) is 9.79 Å². The molecule has 1 saturated heterocycles. The fourth-order valence-corrected chi connectivity index (χ4v) is 2.02. The summed E-state index contributed by atoms with van der Waals surface area (Å²) in [5, 5.41) is 9.34. The van der Waals surface area contributed by atoms with Crippen LogP contribution in [0.15, 0.2) is 4.99 Å². The Kier molecular flexibility index (Phi) is 8.33. The van der Waals surface area contributed by atoms with Crippen molar-refractivity contribution in [1.29, 1.82) is 0 Å². The largest absolute Gasteiger partial charge is 0.379 e. The lowest BCUT2D eigenvalue weighted by Crippen LogP contribution is -2.47. The summed E-state index contributed by atoms with van der Waals surface area (Å²) in [6.45, 7) is 11.0. The Morgan fingerprint density at radius 2 is 2.04 bits per heavy atom. The number of carbonyl (C=O) groups is 1. The fourth-order valence-electron chi connectivity index (χ4n) is 2.02. The van der Waals surface area contributed by atoms with Crippen LogP contribution in [0, 0.1) is 5.41 Å². The van der Waals surface area contributed by atoms with Crippen molar-refractivity contribution >= 4 is 11.9 Å². The van der Waals surface area contributed by atoms with Gasteiger partial charge in [0, 0.05) is 38.2 Å². The average Bonchev–Trinajstić information content (AvgIpc) is 3.00. The molecule has 0 aromatic carbocycles. The second-order valence-corrected chi connectivity index (χ2v) is 6.87. The summed E-state index contributed by atoms with van der Waals surface area (Å²) in [5.74, 6) is 0.747. The summed E-state index contributed by atoms with van der Waals surface area (Å²) < 4.78 is 11.1. The molecule has 1 fully saturated rings. The molecule has 3 N–H and O–H groups in total. The van der Waals surface area contributed by atoms with E-state index in [0.29, 0.717) is 32.3 Å². The highest BCUT2D eigenvalue weighted by Crippen LogP contribution is 2.11. The number of guanidine groups is 1. The van der Waals surface area contributed by atoms with Gasteiger partial charge in [0.1, 0.15) is 0 Å². The van der Waals surface area contributed by atoms with Crippen molar-refractivity contribution < 1.29 is 14.3 Å². The first kappa shape index (κ1) is 19.7. The van der Waals surface area contributed by atoms with Gasteiger partial charge in [0.05, 0.1) is 19.3 Å². The first-order chi connectivity index (χ1) is 10.8. The number of nitrogens with zero attached hydrogens (tertiary/aromatic N) is 1. The highest BCUT2D eigenvalue weighted by Gasteiger charge is 2.20. The lowest BCUT2D eigenvalue weighted by atomic mass is 9.96. The Morgan fingerprint density at radius 1 is 1.35 bits per heavy atom. The van der Waals surface area contributed by atoms with Crippen LogP contribution < -0.4 is 16.0 Å². The van der Waals surface area contributed by atoms with Crippen LogP contribution in [0.1, 0.15) is 34.1 Å². The van der Waals surface area contributed by atoms with Crippen LogP contribution in [0.3, 0.4) is 0 Å². The van der Waals surface area contributed by atoms with Gasteiger partial charge < -0.3 is 25.4 Å². The van der Waals surface area contributed by atoms with E-state index in [1.807, 2.05) is 27.7 Å². The zero-order valence-corrected chi connectivity index (χ0v) is 15.1. The lowest BCUT2D eigenvalue weighted by molar-refractivity contribution is -0.128. The summed E-state index contributed by atoms with van der Waals surface area (Å²) >= 11 is 0. The molecule has 0 spiro atoms. The lowest BCUT2D eigenvalue weighted by Gasteiger charge is -2.20. The molecule has 0 aliphatic carbocycles. The van der Waals surface area contributed by atoms with Gasteiger partial charge in [-0.05, 0) is 13.3 Å². The minimum absolute atomic E-state index is 0.0443. The van der Waals surface area contributed by atoms with E-state index in [9.17, 15) is 4.79 Å². The number of rotatable bonds is 7. The van der Waals surface area contributed by atoms with Crippen LogP contribution >= 0.6 is 0 Å². The standard InChI is InChI=1S/C16H32N4O3/c1-12(10-23-13-6-9-22-11-13)20-15(17-5)19-8-7-18-14(21)16(2,3)4/h12-13H,6-11H2,1-5H3,(H,18,21)(H2,17,19,20). The van der Waals surface area contributed by atoms with Crippen LogP contribution in [0.2, 0.25) is 0 Å². The Labute approximate surface area is 139 Å². The van der Waals surface area contributed by atoms with E-state index in [1.54, 1.807) is 7.05 Å². The average molecular weight is 328 g/mol. The Bertz CT molecular complexity index is 387. The minimum atomic E-state index is -0.365. The van der Waals surface area contributed by atoms with Crippen LogP contribution in [-0.2, 0) is 14.3 Å². The van der Waals surface area contributed by atoms with Crippen molar-refractivity contribution in [3.05, 3.63) is 0 Å². The first-order valence-electron chi connectivity index (χ1n) is 8.27. The molecule has 1 heterocycles. The maximum absolute atomic E-state index is 11.8. The molecule has 1 aliphatic rings. The third kappa shape index (κ3) is 8.18. The number of nitrogens with one attached hydrogen (secondary N) is 3. The number of hydrogen-bond acceptors (Lipinski definition) is 4. The topological polar surface area (TPSA) is 84.0 Å². The van der Waals surface area contributed by atoms with E-state index in [2.05, 4.69) is 20.9 Å². The zero-order valence-electron chi connectivity index (χ0n) is 15.1. The highest BCUT2D eigenvalue weighted by atomic mass is 16.5.